The van der Waals surface area contributed by atoms with Gasteiger partial charge in [-0.2, -0.15) is 4.31 Å². The molecule has 0 aliphatic carbocycles. The lowest BCUT2D eigenvalue weighted by molar-refractivity contribution is 0.222. The summed E-state index contributed by atoms with van der Waals surface area (Å²) >= 11 is 0. The summed E-state index contributed by atoms with van der Waals surface area (Å²) in [5, 5.41) is 6.29. The number of piperazine rings is 1. The van der Waals surface area contributed by atoms with Gasteiger partial charge in [-0.25, -0.2) is 12.8 Å². The molecule has 1 aliphatic rings. The van der Waals surface area contributed by atoms with E-state index < -0.39 is 10.0 Å². The van der Waals surface area contributed by atoms with E-state index in [4.69, 9.17) is 0 Å². The Hall–Kier alpha value is -2.49. The average Bonchev–Trinajstić information content (AvgIpc) is 2.76. The number of hydrogen-bond acceptors (Lipinski definition) is 4. The number of sulfonamides is 1. The summed E-state index contributed by atoms with van der Waals surface area (Å²) in [5.74, 6) is 0.262. The molecule has 9 heteroatoms. The van der Waals surface area contributed by atoms with E-state index in [9.17, 15) is 12.8 Å². The quantitative estimate of drug-likeness (QED) is 0.523. The maximum absolute atomic E-state index is 13.7. The van der Waals surface area contributed by atoms with Gasteiger partial charge in [0.2, 0.25) is 10.0 Å². The van der Waals surface area contributed by atoms with Crippen LogP contribution in [0.2, 0.25) is 0 Å². The van der Waals surface area contributed by atoms with Crippen molar-refractivity contribution in [1.29, 1.82) is 0 Å². The van der Waals surface area contributed by atoms with Crippen molar-refractivity contribution in [3.05, 3.63) is 65.0 Å². The summed E-state index contributed by atoms with van der Waals surface area (Å²) in [6, 6.07) is 12.1. The van der Waals surface area contributed by atoms with Crippen molar-refractivity contribution in [2.75, 3.05) is 40.3 Å². The van der Waals surface area contributed by atoms with Crippen molar-refractivity contribution in [1.82, 2.24) is 19.8 Å². The molecule has 1 fully saturated rings. The van der Waals surface area contributed by atoms with E-state index in [0.717, 1.165) is 18.7 Å². The highest BCUT2D eigenvalue weighted by Crippen LogP contribution is 2.21. The highest BCUT2D eigenvalue weighted by atomic mass is 32.2. The molecule has 2 aromatic rings. The smallest absolute Gasteiger partial charge is 0.243 e. The Balaban J connectivity index is 1.66. The topological polar surface area (TPSA) is 77.0 Å². The Morgan fingerprint density at radius 2 is 1.74 bits per heavy atom. The van der Waals surface area contributed by atoms with Gasteiger partial charge in [-0.05, 0) is 42.8 Å². The van der Waals surface area contributed by atoms with Crippen molar-refractivity contribution < 1.29 is 12.8 Å². The summed E-state index contributed by atoms with van der Waals surface area (Å²) in [5.41, 5.74) is 2.07. The highest BCUT2D eigenvalue weighted by Gasteiger charge is 2.29. The first-order valence-corrected chi connectivity index (χ1v) is 11.7. The molecular formula is C22H30FN5O2S. The van der Waals surface area contributed by atoms with Crippen LogP contribution in [0.1, 0.15) is 16.7 Å². The Kier molecular flexibility index (Phi) is 7.64. The molecule has 2 N–H and O–H groups in total. The van der Waals surface area contributed by atoms with Gasteiger partial charge in [0.25, 0.3) is 0 Å². The Morgan fingerprint density at radius 1 is 1.06 bits per heavy atom. The van der Waals surface area contributed by atoms with Gasteiger partial charge in [0, 0.05) is 46.3 Å². The van der Waals surface area contributed by atoms with Gasteiger partial charge < -0.3 is 15.5 Å². The molecule has 0 radical (unpaired) electrons. The van der Waals surface area contributed by atoms with Crippen LogP contribution in [0, 0.1) is 12.7 Å². The first-order valence-electron chi connectivity index (χ1n) is 10.3. The number of guanidine groups is 1. The number of benzene rings is 2. The number of rotatable bonds is 6. The molecule has 0 amide bonds. The fourth-order valence-corrected chi connectivity index (χ4v) is 5.04. The number of aryl methyl sites for hydroxylation is 1. The van der Waals surface area contributed by atoms with E-state index in [-0.39, 0.29) is 5.82 Å². The Labute approximate surface area is 184 Å². The van der Waals surface area contributed by atoms with Gasteiger partial charge in [-0.1, -0.05) is 30.3 Å². The minimum absolute atomic E-state index is 0.245. The SMILES string of the molecule is CN=C(NCc1ccc(C)c(F)c1)NCc1ccccc1S(=O)(=O)N1CCN(C)CC1. The molecule has 0 saturated carbocycles. The third-order valence-electron chi connectivity index (χ3n) is 5.42. The zero-order chi connectivity index (χ0) is 22.4. The average molecular weight is 448 g/mol. The second-order valence-electron chi connectivity index (χ2n) is 7.68. The lowest BCUT2D eigenvalue weighted by Crippen LogP contribution is -2.47. The van der Waals surface area contributed by atoms with Crippen LogP contribution in [0.15, 0.2) is 52.4 Å². The number of halogens is 1. The second kappa shape index (κ2) is 10.2. The summed E-state index contributed by atoms with van der Waals surface area (Å²) in [6.45, 7) is 4.82. The van der Waals surface area contributed by atoms with Crippen LogP contribution in [0.25, 0.3) is 0 Å². The third-order valence-corrected chi connectivity index (χ3v) is 7.42. The van der Waals surface area contributed by atoms with E-state index in [0.29, 0.717) is 48.2 Å². The molecule has 0 spiro atoms. The predicted octanol–water partition coefficient (Wildman–Crippen LogP) is 1.94. The van der Waals surface area contributed by atoms with Crippen LogP contribution in [0.3, 0.4) is 0 Å². The van der Waals surface area contributed by atoms with E-state index in [2.05, 4.69) is 20.5 Å². The monoisotopic (exact) mass is 447 g/mol. The molecule has 1 saturated heterocycles. The normalized spacial score (nSPS) is 16.3. The molecule has 1 heterocycles. The number of hydrogen-bond donors (Lipinski definition) is 2. The van der Waals surface area contributed by atoms with Crippen molar-refractivity contribution >= 4 is 16.0 Å². The first-order chi connectivity index (χ1) is 14.8. The zero-order valence-corrected chi connectivity index (χ0v) is 19.0. The number of nitrogens with zero attached hydrogens (tertiary/aromatic N) is 3. The van der Waals surface area contributed by atoms with Crippen molar-refractivity contribution in [3.8, 4) is 0 Å². The van der Waals surface area contributed by atoms with Crippen LogP contribution >= 0.6 is 0 Å². The molecule has 3 rings (SSSR count). The van der Waals surface area contributed by atoms with Gasteiger partial charge >= 0.3 is 0 Å². The molecular weight excluding hydrogens is 417 g/mol. The molecule has 0 unspecified atom stereocenters. The van der Waals surface area contributed by atoms with Crippen LogP contribution in [0.5, 0.6) is 0 Å². The zero-order valence-electron chi connectivity index (χ0n) is 18.2. The van der Waals surface area contributed by atoms with Crippen LogP contribution in [0.4, 0.5) is 4.39 Å². The Bertz CT molecular complexity index is 1030. The summed E-state index contributed by atoms with van der Waals surface area (Å²) in [6.07, 6.45) is 0. The minimum Gasteiger partial charge on any atom is -0.352 e. The van der Waals surface area contributed by atoms with Crippen molar-refractivity contribution in [2.24, 2.45) is 4.99 Å². The Morgan fingerprint density at radius 3 is 2.42 bits per heavy atom. The molecule has 1 aliphatic heterocycles. The van der Waals surface area contributed by atoms with Gasteiger partial charge in [0.1, 0.15) is 5.82 Å². The number of nitrogens with one attached hydrogen (secondary N) is 2. The van der Waals surface area contributed by atoms with Gasteiger partial charge in [0.05, 0.1) is 4.90 Å². The van der Waals surface area contributed by atoms with Crippen molar-refractivity contribution in [2.45, 2.75) is 24.9 Å². The lowest BCUT2D eigenvalue weighted by atomic mass is 10.1. The summed E-state index contributed by atoms with van der Waals surface area (Å²) in [4.78, 5) is 6.61. The molecule has 2 aromatic carbocycles. The standard InChI is InChI=1S/C22H30FN5O2S/c1-17-8-9-18(14-20(17)23)15-25-22(24-2)26-16-19-6-4-5-7-21(19)31(29,30)28-12-10-27(3)11-13-28/h4-9,14H,10-13,15-16H2,1-3H3,(H2,24,25,26). The molecule has 0 atom stereocenters. The maximum atomic E-state index is 13.7. The molecule has 31 heavy (non-hydrogen) atoms. The predicted molar refractivity (Wildman–Crippen MR) is 121 cm³/mol. The highest BCUT2D eigenvalue weighted by molar-refractivity contribution is 7.89. The fourth-order valence-electron chi connectivity index (χ4n) is 3.40. The van der Waals surface area contributed by atoms with E-state index in [1.165, 1.54) is 6.07 Å². The third kappa shape index (κ3) is 5.81. The largest absolute Gasteiger partial charge is 0.352 e. The minimum atomic E-state index is -3.57. The van der Waals surface area contributed by atoms with Gasteiger partial charge in [-0.3, -0.25) is 4.99 Å². The number of likely N-dealkylation sites (N-methyl/N-ethyl adjacent to an activating group) is 1. The van der Waals surface area contributed by atoms with Crippen LogP contribution in [-0.2, 0) is 23.1 Å². The van der Waals surface area contributed by atoms with Gasteiger partial charge in [-0.15, -0.1) is 0 Å². The first kappa shape index (κ1) is 23.2. The fraction of sp³-hybridized carbons (Fsp3) is 0.409. The van der Waals surface area contributed by atoms with Crippen molar-refractivity contribution in [3.63, 3.8) is 0 Å². The van der Waals surface area contributed by atoms with E-state index in [1.807, 2.05) is 19.2 Å². The molecule has 168 valence electrons. The van der Waals surface area contributed by atoms with Gasteiger partial charge in [0.15, 0.2) is 5.96 Å². The molecule has 0 bridgehead atoms. The maximum Gasteiger partial charge on any atom is 0.243 e. The molecule has 0 aromatic heterocycles. The molecule has 7 nitrogen and oxygen atoms in total. The second-order valence-corrected chi connectivity index (χ2v) is 9.58. The van der Waals surface area contributed by atoms with E-state index in [1.54, 1.807) is 42.5 Å². The van der Waals surface area contributed by atoms with E-state index >= 15 is 0 Å². The summed E-state index contributed by atoms with van der Waals surface area (Å²) in [7, 11) is 0.0582. The van der Waals surface area contributed by atoms with Crippen LogP contribution < -0.4 is 10.6 Å². The van der Waals surface area contributed by atoms with Crippen LogP contribution in [-0.4, -0.2) is 63.9 Å². The lowest BCUT2D eigenvalue weighted by Gasteiger charge is -2.32. The number of aliphatic imine (C=N–C) groups is 1. The summed E-state index contributed by atoms with van der Waals surface area (Å²) < 4.78 is 41.7.